The van der Waals surface area contributed by atoms with Gasteiger partial charge < -0.3 is 15.1 Å². The third-order valence-corrected chi connectivity index (χ3v) is 6.49. The van der Waals surface area contributed by atoms with Crippen LogP contribution in [0.15, 0.2) is 22.8 Å². The van der Waals surface area contributed by atoms with E-state index in [0.29, 0.717) is 13.0 Å². The largest absolute Gasteiger partial charge is 0.468 e. The van der Waals surface area contributed by atoms with Gasteiger partial charge in [0.1, 0.15) is 5.76 Å². The molecule has 2 atom stereocenters. The minimum atomic E-state index is -2.99. The molecule has 1 aromatic heterocycles. The fourth-order valence-electron chi connectivity index (χ4n) is 3.46. The lowest BCUT2D eigenvalue weighted by Gasteiger charge is -2.33. The zero-order valence-electron chi connectivity index (χ0n) is 13.7. The number of nitrogens with zero attached hydrogens (tertiary/aromatic N) is 1. The first kappa shape index (κ1) is 17.3. The minimum absolute atomic E-state index is 0.0124. The number of hydrogen-bond acceptors (Lipinski definition) is 5. The van der Waals surface area contributed by atoms with Crippen LogP contribution in [-0.2, 0) is 9.84 Å². The number of sulfone groups is 1. The summed E-state index contributed by atoms with van der Waals surface area (Å²) in [7, 11) is -2.99. The van der Waals surface area contributed by atoms with Crippen LogP contribution >= 0.6 is 0 Å². The van der Waals surface area contributed by atoms with Gasteiger partial charge in [0.25, 0.3) is 0 Å². The Hall–Kier alpha value is -1.54. The quantitative estimate of drug-likeness (QED) is 0.830. The van der Waals surface area contributed by atoms with Gasteiger partial charge in [-0.3, -0.25) is 4.90 Å². The highest BCUT2D eigenvalue weighted by molar-refractivity contribution is 7.91. The van der Waals surface area contributed by atoms with E-state index in [-0.39, 0.29) is 29.6 Å². The zero-order valence-corrected chi connectivity index (χ0v) is 14.6. The van der Waals surface area contributed by atoms with E-state index >= 15 is 0 Å². The number of carbonyl (C=O) groups excluding carboxylic acids is 1. The van der Waals surface area contributed by atoms with Gasteiger partial charge in [0.05, 0.1) is 23.8 Å². The van der Waals surface area contributed by atoms with Crippen molar-refractivity contribution < 1.29 is 17.6 Å². The molecule has 0 radical (unpaired) electrons. The van der Waals surface area contributed by atoms with Crippen LogP contribution in [0.25, 0.3) is 0 Å². The van der Waals surface area contributed by atoms with Gasteiger partial charge in [0, 0.05) is 12.6 Å². The first-order valence-electron chi connectivity index (χ1n) is 8.56. The van der Waals surface area contributed by atoms with Crippen LogP contribution in [0, 0.1) is 0 Å². The first-order chi connectivity index (χ1) is 11.5. The Balaban J connectivity index is 1.54. The van der Waals surface area contributed by atoms with Crippen LogP contribution in [0.1, 0.15) is 37.5 Å². The summed E-state index contributed by atoms with van der Waals surface area (Å²) in [6.45, 7) is 2.43. The molecular weight excluding hydrogens is 330 g/mol. The van der Waals surface area contributed by atoms with E-state index < -0.39 is 9.84 Å². The van der Waals surface area contributed by atoms with Gasteiger partial charge in [-0.1, -0.05) is 6.42 Å². The van der Waals surface area contributed by atoms with E-state index in [1.54, 1.807) is 6.26 Å². The van der Waals surface area contributed by atoms with Crippen LogP contribution in [-0.4, -0.2) is 56.5 Å². The van der Waals surface area contributed by atoms with E-state index in [1.807, 2.05) is 12.1 Å². The van der Waals surface area contributed by atoms with Crippen molar-refractivity contribution in [2.45, 2.75) is 37.8 Å². The highest BCUT2D eigenvalue weighted by Crippen LogP contribution is 2.24. The standard InChI is InChI=1S/C16H25N3O4S/c20-16(18-13-6-10-24(21,22)12-13)17-11-14(15-5-4-9-23-15)19-7-2-1-3-8-19/h4-5,9,13-14H,1-3,6-8,10-12H2,(H2,17,18,20). The Morgan fingerprint density at radius 1 is 1.33 bits per heavy atom. The number of furan rings is 1. The van der Waals surface area contributed by atoms with Crippen molar-refractivity contribution >= 4 is 15.9 Å². The maximum absolute atomic E-state index is 12.1. The summed E-state index contributed by atoms with van der Waals surface area (Å²) in [5.41, 5.74) is 0. The smallest absolute Gasteiger partial charge is 0.315 e. The van der Waals surface area contributed by atoms with Crippen molar-refractivity contribution in [1.82, 2.24) is 15.5 Å². The van der Waals surface area contributed by atoms with E-state index in [1.165, 1.54) is 6.42 Å². The summed E-state index contributed by atoms with van der Waals surface area (Å²) in [6.07, 6.45) is 5.69. The molecule has 2 amide bonds. The molecule has 24 heavy (non-hydrogen) atoms. The van der Waals surface area contributed by atoms with E-state index in [2.05, 4.69) is 15.5 Å². The van der Waals surface area contributed by atoms with Crippen molar-refractivity contribution in [3.8, 4) is 0 Å². The molecule has 0 saturated carbocycles. The number of hydrogen-bond donors (Lipinski definition) is 2. The number of carbonyl (C=O) groups is 1. The van der Waals surface area contributed by atoms with Crippen LogP contribution in [0.5, 0.6) is 0 Å². The summed E-state index contributed by atoms with van der Waals surface area (Å²) in [4.78, 5) is 14.4. The molecule has 3 heterocycles. The third kappa shape index (κ3) is 4.51. The molecule has 0 aliphatic carbocycles. The summed E-state index contributed by atoms with van der Waals surface area (Å²) < 4.78 is 28.5. The van der Waals surface area contributed by atoms with Gasteiger partial charge in [-0.05, 0) is 44.5 Å². The molecule has 3 rings (SSSR count). The second kappa shape index (κ2) is 7.57. The SMILES string of the molecule is O=C(NCC(c1ccco1)N1CCCCC1)NC1CCS(=O)(=O)C1. The topological polar surface area (TPSA) is 91.7 Å². The molecule has 2 N–H and O–H groups in total. The van der Waals surface area contributed by atoms with E-state index in [9.17, 15) is 13.2 Å². The predicted octanol–water partition coefficient (Wildman–Crippen LogP) is 1.29. The van der Waals surface area contributed by atoms with Gasteiger partial charge in [-0.25, -0.2) is 13.2 Å². The van der Waals surface area contributed by atoms with Crippen molar-refractivity contribution in [3.63, 3.8) is 0 Å². The summed E-state index contributed by atoms with van der Waals surface area (Å²) >= 11 is 0. The number of nitrogens with one attached hydrogen (secondary N) is 2. The van der Waals surface area contributed by atoms with Crippen LogP contribution < -0.4 is 10.6 Å². The predicted molar refractivity (Wildman–Crippen MR) is 90.5 cm³/mol. The molecule has 8 heteroatoms. The van der Waals surface area contributed by atoms with Crippen molar-refractivity contribution in [2.75, 3.05) is 31.1 Å². The molecule has 2 aliphatic heterocycles. The molecule has 134 valence electrons. The number of amides is 2. The van der Waals surface area contributed by atoms with Crippen molar-refractivity contribution in [3.05, 3.63) is 24.2 Å². The maximum Gasteiger partial charge on any atom is 0.315 e. The molecule has 0 aromatic carbocycles. The normalized spacial score (nSPS) is 25.2. The average Bonchev–Trinajstić information content (AvgIpc) is 3.18. The number of piperidine rings is 1. The second-order valence-electron chi connectivity index (χ2n) is 6.58. The third-order valence-electron chi connectivity index (χ3n) is 4.73. The molecule has 2 saturated heterocycles. The van der Waals surface area contributed by atoms with Gasteiger partial charge in [0.15, 0.2) is 9.84 Å². The molecule has 1 aromatic rings. The highest BCUT2D eigenvalue weighted by atomic mass is 32.2. The van der Waals surface area contributed by atoms with Crippen molar-refractivity contribution in [1.29, 1.82) is 0 Å². The van der Waals surface area contributed by atoms with Crippen LogP contribution in [0.4, 0.5) is 4.79 Å². The lowest BCUT2D eigenvalue weighted by Crippen LogP contribution is -2.46. The monoisotopic (exact) mass is 355 g/mol. The van der Waals surface area contributed by atoms with Gasteiger partial charge in [-0.15, -0.1) is 0 Å². The molecule has 2 unspecified atom stereocenters. The van der Waals surface area contributed by atoms with E-state index in [4.69, 9.17) is 4.42 Å². The second-order valence-corrected chi connectivity index (χ2v) is 8.81. The average molecular weight is 355 g/mol. The van der Waals surface area contributed by atoms with Crippen LogP contribution in [0.3, 0.4) is 0 Å². The van der Waals surface area contributed by atoms with Gasteiger partial charge in [-0.2, -0.15) is 0 Å². The van der Waals surface area contributed by atoms with Gasteiger partial charge in [0.2, 0.25) is 0 Å². The molecule has 0 spiro atoms. The number of rotatable bonds is 5. The Bertz CT molecular complexity index is 638. The molecule has 0 bridgehead atoms. The maximum atomic E-state index is 12.1. The molecule has 7 nitrogen and oxygen atoms in total. The molecular formula is C16H25N3O4S. The summed E-state index contributed by atoms with van der Waals surface area (Å²) in [5.74, 6) is 1.04. The highest BCUT2D eigenvalue weighted by Gasteiger charge is 2.29. The molecule has 2 fully saturated rings. The summed E-state index contributed by atoms with van der Waals surface area (Å²) in [6, 6.07) is 3.20. The fourth-order valence-corrected chi connectivity index (χ4v) is 5.13. The van der Waals surface area contributed by atoms with Gasteiger partial charge >= 0.3 is 6.03 Å². The Kier molecular flexibility index (Phi) is 5.45. The molecule has 2 aliphatic rings. The Morgan fingerprint density at radius 3 is 2.75 bits per heavy atom. The minimum Gasteiger partial charge on any atom is -0.468 e. The Morgan fingerprint density at radius 2 is 2.12 bits per heavy atom. The number of likely N-dealkylation sites (tertiary alicyclic amines) is 1. The summed E-state index contributed by atoms with van der Waals surface area (Å²) in [5, 5.41) is 5.64. The lowest BCUT2D eigenvalue weighted by molar-refractivity contribution is 0.143. The van der Waals surface area contributed by atoms with E-state index in [0.717, 1.165) is 31.7 Å². The zero-order chi connectivity index (χ0) is 17.0. The Labute approximate surface area is 142 Å². The number of urea groups is 1. The first-order valence-corrected chi connectivity index (χ1v) is 10.4. The van der Waals surface area contributed by atoms with Crippen LogP contribution in [0.2, 0.25) is 0 Å². The lowest BCUT2D eigenvalue weighted by atomic mass is 10.1. The van der Waals surface area contributed by atoms with Crippen molar-refractivity contribution in [2.24, 2.45) is 0 Å². The fraction of sp³-hybridized carbons (Fsp3) is 0.688.